The Bertz CT molecular complexity index is 553. The van der Waals surface area contributed by atoms with Crippen LogP contribution in [0.3, 0.4) is 0 Å². The molecular formula is C15H19N3O. The monoisotopic (exact) mass is 257 g/mol. The maximum absolute atomic E-state index is 12.1. The molecule has 0 unspecified atom stereocenters. The molecule has 0 radical (unpaired) electrons. The van der Waals surface area contributed by atoms with Crippen LogP contribution in [0.25, 0.3) is 0 Å². The molecule has 0 saturated carbocycles. The molecular weight excluding hydrogens is 238 g/mol. The van der Waals surface area contributed by atoms with Crippen LogP contribution >= 0.6 is 0 Å². The zero-order valence-electron chi connectivity index (χ0n) is 11.6. The Kier molecular flexibility index (Phi) is 3.69. The van der Waals surface area contributed by atoms with Crippen molar-refractivity contribution in [2.75, 3.05) is 5.32 Å². The molecule has 100 valence electrons. The molecule has 0 aliphatic rings. The first-order valence-electron chi connectivity index (χ1n) is 6.33. The van der Waals surface area contributed by atoms with E-state index in [0.717, 1.165) is 11.3 Å². The summed E-state index contributed by atoms with van der Waals surface area (Å²) < 4.78 is 1.84. The van der Waals surface area contributed by atoms with Crippen LogP contribution in [-0.4, -0.2) is 15.7 Å². The van der Waals surface area contributed by atoms with Crippen molar-refractivity contribution >= 4 is 11.6 Å². The summed E-state index contributed by atoms with van der Waals surface area (Å²) in [7, 11) is 0. The molecule has 0 atom stereocenters. The average molecular weight is 257 g/mol. The molecule has 0 spiro atoms. The molecule has 19 heavy (non-hydrogen) atoms. The average Bonchev–Trinajstić information content (AvgIpc) is 2.83. The quantitative estimate of drug-likeness (QED) is 0.919. The first-order valence-corrected chi connectivity index (χ1v) is 6.33. The molecule has 1 amide bonds. The van der Waals surface area contributed by atoms with Gasteiger partial charge in [-0.25, -0.2) is 0 Å². The second-order valence-electron chi connectivity index (χ2n) is 5.56. The van der Waals surface area contributed by atoms with Gasteiger partial charge in [0, 0.05) is 23.5 Å². The van der Waals surface area contributed by atoms with Crippen molar-refractivity contribution in [3.05, 3.63) is 48.3 Å². The van der Waals surface area contributed by atoms with Gasteiger partial charge in [-0.1, -0.05) is 39.0 Å². The molecule has 0 aliphatic carbocycles. The molecule has 0 aliphatic heterocycles. The number of nitrogens with one attached hydrogen (secondary N) is 1. The van der Waals surface area contributed by atoms with E-state index in [9.17, 15) is 4.79 Å². The Morgan fingerprint density at radius 3 is 2.63 bits per heavy atom. The van der Waals surface area contributed by atoms with Gasteiger partial charge in [-0.05, 0) is 17.7 Å². The van der Waals surface area contributed by atoms with E-state index in [4.69, 9.17) is 0 Å². The van der Waals surface area contributed by atoms with E-state index in [1.807, 2.05) is 62.0 Å². The second-order valence-corrected chi connectivity index (χ2v) is 5.56. The molecule has 2 rings (SSSR count). The van der Waals surface area contributed by atoms with Crippen molar-refractivity contribution in [1.82, 2.24) is 9.78 Å². The predicted octanol–water partition coefficient (Wildman–Crippen LogP) is 2.92. The predicted molar refractivity (Wildman–Crippen MR) is 75.9 cm³/mol. The summed E-state index contributed by atoms with van der Waals surface area (Å²) in [5.74, 6) is 0.0143. The van der Waals surface area contributed by atoms with Crippen molar-refractivity contribution in [2.24, 2.45) is 5.41 Å². The number of amides is 1. The minimum Gasteiger partial charge on any atom is -0.325 e. The normalized spacial score (nSPS) is 11.3. The fraction of sp³-hybridized carbons (Fsp3) is 0.333. The highest BCUT2D eigenvalue weighted by atomic mass is 16.2. The summed E-state index contributed by atoms with van der Waals surface area (Å²) in [5.41, 5.74) is 1.49. The lowest BCUT2D eigenvalue weighted by molar-refractivity contribution is -0.123. The summed E-state index contributed by atoms with van der Waals surface area (Å²) >= 11 is 0. The first kappa shape index (κ1) is 13.3. The fourth-order valence-corrected chi connectivity index (χ4v) is 1.66. The SMILES string of the molecule is CC(C)(C)C(=O)Nc1ccccc1Cn1cccn1. The minimum atomic E-state index is -0.404. The van der Waals surface area contributed by atoms with Gasteiger partial charge in [0.1, 0.15) is 0 Å². The standard InChI is InChI=1S/C15H19N3O/c1-15(2,3)14(19)17-13-8-5-4-7-12(13)11-18-10-6-9-16-18/h4-10H,11H2,1-3H3,(H,17,19). The second kappa shape index (κ2) is 5.26. The Balaban J connectivity index is 2.19. The number of para-hydroxylation sites is 1. The maximum atomic E-state index is 12.1. The number of nitrogens with zero attached hydrogens (tertiary/aromatic N) is 2. The molecule has 1 aromatic heterocycles. The number of anilines is 1. The van der Waals surface area contributed by atoms with Gasteiger partial charge in [-0.15, -0.1) is 0 Å². The summed E-state index contributed by atoms with van der Waals surface area (Å²) in [6, 6.07) is 9.69. The van der Waals surface area contributed by atoms with Crippen LogP contribution in [0.1, 0.15) is 26.3 Å². The van der Waals surface area contributed by atoms with Crippen LogP contribution in [0.5, 0.6) is 0 Å². The summed E-state index contributed by atoms with van der Waals surface area (Å²) in [5, 5.41) is 7.17. The van der Waals surface area contributed by atoms with Crippen molar-refractivity contribution in [1.29, 1.82) is 0 Å². The van der Waals surface area contributed by atoms with E-state index in [2.05, 4.69) is 10.4 Å². The molecule has 1 N–H and O–H groups in total. The zero-order valence-corrected chi connectivity index (χ0v) is 11.6. The van der Waals surface area contributed by atoms with Gasteiger partial charge in [0.05, 0.1) is 6.54 Å². The lowest BCUT2D eigenvalue weighted by Gasteiger charge is -2.19. The number of carbonyl (C=O) groups excluding carboxylic acids is 1. The Morgan fingerprint density at radius 2 is 2.00 bits per heavy atom. The third-order valence-corrected chi connectivity index (χ3v) is 2.84. The van der Waals surface area contributed by atoms with E-state index in [0.29, 0.717) is 6.54 Å². The van der Waals surface area contributed by atoms with Gasteiger partial charge in [0.15, 0.2) is 0 Å². The van der Waals surface area contributed by atoms with Gasteiger partial charge in [0.25, 0.3) is 0 Å². The first-order chi connectivity index (χ1) is 8.97. The van der Waals surface area contributed by atoms with Crippen molar-refractivity contribution < 1.29 is 4.79 Å². The molecule has 4 nitrogen and oxygen atoms in total. The number of carbonyl (C=O) groups is 1. The van der Waals surface area contributed by atoms with E-state index < -0.39 is 5.41 Å². The van der Waals surface area contributed by atoms with E-state index >= 15 is 0 Å². The van der Waals surface area contributed by atoms with Gasteiger partial charge < -0.3 is 5.32 Å². The fourth-order valence-electron chi connectivity index (χ4n) is 1.66. The number of aromatic nitrogens is 2. The molecule has 0 saturated heterocycles. The molecule has 0 bridgehead atoms. The van der Waals surface area contributed by atoms with Gasteiger partial charge >= 0.3 is 0 Å². The van der Waals surface area contributed by atoms with Crippen LogP contribution < -0.4 is 5.32 Å². The van der Waals surface area contributed by atoms with E-state index in [1.165, 1.54) is 0 Å². The van der Waals surface area contributed by atoms with Crippen LogP contribution in [0.15, 0.2) is 42.7 Å². The highest BCUT2D eigenvalue weighted by Gasteiger charge is 2.21. The number of rotatable bonds is 3. The van der Waals surface area contributed by atoms with E-state index in [1.54, 1.807) is 6.20 Å². The Hall–Kier alpha value is -2.10. The van der Waals surface area contributed by atoms with Crippen molar-refractivity contribution in [3.63, 3.8) is 0 Å². The summed E-state index contributed by atoms with van der Waals surface area (Å²) in [6.07, 6.45) is 3.65. The van der Waals surface area contributed by atoms with Gasteiger partial charge in [-0.2, -0.15) is 5.10 Å². The zero-order chi connectivity index (χ0) is 13.9. The molecule has 4 heteroatoms. The van der Waals surface area contributed by atoms with Crippen molar-refractivity contribution in [3.8, 4) is 0 Å². The Labute approximate surface area is 113 Å². The Morgan fingerprint density at radius 1 is 1.26 bits per heavy atom. The maximum Gasteiger partial charge on any atom is 0.229 e. The topological polar surface area (TPSA) is 46.9 Å². The summed E-state index contributed by atoms with van der Waals surface area (Å²) in [4.78, 5) is 12.1. The van der Waals surface area contributed by atoms with Gasteiger partial charge in [-0.3, -0.25) is 9.48 Å². The largest absolute Gasteiger partial charge is 0.325 e. The highest BCUT2D eigenvalue weighted by Crippen LogP contribution is 2.21. The minimum absolute atomic E-state index is 0.0143. The molecule has 1 aromatic carbocycles. The van der Waals surface area contributed by atoms with Crippen LogP contribution in [0, 0.1) is 5.41 Å². The molecule has 0 fully saturated rings. The lowest BCUT2D eigenvalue weighted by Crippen LogP contribution is -2.28. The molecule has 1 heterocycles. The summed E-state index contributed by atoms with van der Waals surface area (Å²) in [6.45, 7) is 6.35. The van der Waals surface area contributed by atoms with Crippen LogP contribution in [0.4, 0.5) is 5.69 Å². The van der Waals surface area contributed by atoms with Gasteiger partial charge in [0.2, 0.25) is 5.91 Å². The third-order valence-electron chi connectivity index (χ3n) is 2.84. The van der Waals surface area contributed by atoms with Crippen LogP contribution in [0.2, 0.25) is 0 Å². The number of benzene rings is 1. The highest BCUT2D eigenvalue weighted by molar-refractivity contribution is 5.95. The smallest absolute Gasteiger partial charge is 0.229 e. The van der Waals surface area contributed by atoms with Crippen LogP contribution in [-0.2, 0) is 11.3 Å². The number of hydrogen-bond acceptors (Lipinski definition) is 2. The molecule has 2 aromatic rings. The number of hydrogen-bond donors (Lipinski definition) is 1. The third kappa shape index (κ3) is 3.44. The lowest BCUT2D eigenvalue weighted by atomic mass is 9.95. The van der Waals surface area contributed by atoms with Crippen molar-refractivity contribution in [2.45, 2.75) is 27.3 Å². The van der Waals surface area contributed by atoms with E-state index in [-0.39, 0.29) is 5.91 Å².